The highest BCUT2D eigenvalue weighted by molar-refractivity contribution is 7.89. The van der Waals surface area contributed by atoms with Crippen LogP contribution in [0.15, 0.2) is 47.5 Å². The van der Waals surface area contributed by atoms with Gasteiger partial charge in [-0.15, -0.1) is 0 Å². The molecular weight excluding hydrogens is 286 g/mol. The minimum absolute atomic E-state index is 0.183. The van der Waals surface area contributed by atoms with Gasteiger partial charge in [-0.25, -0.2) is 13.4 Å². The number of nitrogens with zero attached hydrogens (tertiary/aromatic N) is 2. The van der Waals surface area contributed by atoms with Crippen LogP contribution in [0.25, 0.3) is 0 Å². The molecule has 112 valence electrons. The van der Waals surface area contributed by atoms with Crippen LogP contribution in [-0.4, -0.2) is 31.8 Å². The summed E-state index contributed by atoms with van der Waals surface area (Å²) in [5.74, 6) is 0.355. The summed E-state index contributed by atoms with van der Waals surface area (Å²) in [7, 11) is -0.356. The number of rotatable bonds is 5. The molecule has 2 aromatic rings. The molecule has 1 aromatic carbocycles. The molecule has 6 heteroatoms. The van der Waals surface area contributed by atoms with E-state index in [4.69, 9.17) is 0 Å². The van der Waals surface area contributed by atoms with E-state index in [1.54, 1.807) is 32.4 Å². The van der Waals surface area contributed by atoms with Gasteiger partial charge in [-0.1, -0.05) is 29.8 Å². The van der Waals surface area contributed by atoms with Crippen molar-refractivity contribution in [2.75, 3.05) is 19.4 Å². The highest BCUT2D eigenvalue weighted by Crippen LogP contribution is 2.22. The van der Waals surface area contributed by atoms with Crippen LogP contribution in [0.2, 0.25) is 0 Å². The molecular formula is C15H19N3O2S. The first-order chi connectivity index (χ1) is 9.95. The highest BCUT2D eigenvalue weighted by Gasteiger charge is 2.24. The molecule has 0 bridgehead atoms. The molecule has 1 heterocycles. The molecule has 0 saturated heterocycles. The summed E-state index contributed by atoms with van der Waals surface area (Å²) in [6.45, 7) is 2.31. The Kier molecular flexibility index (Phi) is 4.59. The van der Waals surface area contributed by atoms with E-state index in [1.807, 2.05) is 31.2 Å². The lowest BCUT2D eigenvalue weighted by molar-refractivity contribution is 0.466. The first kappa shape index (κ1) is 15.5. The lowest BCUT2D eigenvalue weighted by Gasteiger charge is -2.19. The SMILES string of the molecule is CNc1ncccc1S(=O)(=O)N(C)Cc1cccc(C)c1. The van der Waals surface area contributed by atoms with Crippen LogP contribution in [0.5, 0.6) is 0 Å². The molecule has 0 saturated carbocycles. The van der Waals surface area contributed by atoms with Crippen LogP contribution in [0, 0.1) is 6.92 Å². The van der Waals surface area contributed by atoms with Gasteiger partial charge in [0.25, 0.3) is 0 Å². The second kappa shape index (κ2) is 6.24. The van der Waals surface area contributed by atoms with E-state index >= 15 is 0 Å². The van der Waals surface area contributed by atoms with E-state index in [2.05, 4.69) is 10.3 Å². The predicted octanol–water partition coefficient (Wildman–Crippen LogP) is 2.25. The number of hydrogen-bond acceptors (Lipinski definition) is 4. The molecule has 0 radical (unpaired) electrons. The Balaban J connectivity index is 2.31. The summed E-state index contributed by atoms with van der Waals surface area (Å²) < 4.78 is 26.6. The monoisotopic (exact) mass is 305 g/mol. The minimum atomic E-state index is -3.58. The summed E-state index contributed by atoms with van der Waals surface area (Å²) in [6, 6.07) is 11.0. The van der Waals surface area contributed by atoms with Crippen molar-refractivity contribution in [2.24, 2.45) is 0 Å². The number of pyridine rings is 1. The number of anilines is 1. The fourth-order valence-corrected chi connectivity index (χ4v) is 3.41. The first-order valence-corrected chi connectivity index (χ1v) is 8.04. The van der Waals surface area contributed by atoms with Crippen molar-refractivity contribution < 1.29 is 8.42 Å². The zero-order valence-electron chi connectivity index (χ0n) is 12.4. The standard InChI is InChI=1S/C15H19N3O2S/c1-12-6-4-7-13(10-12)11-18(3)21(19,20)14-8-5-9-17-15(14)16-2/h4-10H,11H2,1-3H3,(H,16,17). The molecule has 21 heavy (non-hydrogen) atoms. The van der Waals surface area contributed by atoms with Gasteiger partial charge < -0.3 is 5.32 Å². The number of sulfonamides is 1. The molecule has 0 aliphatic carbocycles. The van der Waals surface area contributed by atoms with E-state index in [1.165, 1.54) is 4.31 Å². The van der Waals surface area contributed by atoms with E-state index < -0.39 is 10.0 Å². The van der Waals surface area contributed by atoms with Crippen molar-refractivity contribution in [1.82, 2.24) is 9.29 Å². The first-order valence-electron chi connectivity index (χ1n) is 6.60. The zero-order chi connectivity index (χ0) is 15.5. The second-order valence-corrected chi connectivity index (χ2v) is 6.86. The third-order valence-corrected chi connectivity index (χ3v) is 5.02. The van der Waals surface area contributed by atoms with Crippen molar-refractivity contribution in [1.29, 1.82) is 0 Å². The fourth-order valence-electron chi connectivity index (χ4n) is 2.11. The smallest absolute Gasteiger partial charge is 0.246 e. The zero-order valence-corrected chi connectivity index (χ0v) is 13.2. The van der Waals surface area contributed by atoms with E-state index in [0.29, 0.717) is 12.4 Å². The van der Waals surface area contributed by atoms with Gasteiger partial charge in [-0.05, 0) is 24.6 Å². The van der Waals surface area contributed by atoms with Crippen LogP contribution >= 0.6 is 0 Å². The van der Waals surface area contributed by atoms with Gasteiger partial charge in [-0.2, -0.15) is 4.31 Å². The number of hydrogen-bond donors (Lipinski definition) is 1. The Morgan fingerprint density at radius 1 is 1.24 bits per heavy atom. The Hall–Kier alpha value is -1.92. The topological polar surface area (TPSA) is 62.3 Å². The van der Waals surface area contributed by atoms with Gasteiger partial charge in [0.05, 0.1) is 0 Å². The Morgan fingerprint density at radius 2 is 2.00 bits per heavy atom. The molecule has 0 aliphatic rings. The quantitative estimate of drug-likeness (QED) is 0.920. The Morgan fingerprint density at radius 3 is 2.67 bits per heavy atom. The maximum atomic E-state index is 12.6. The maximum Gasteiger partial charge on any atom is 0.246 e. The van der Waals surface area contributed by atoms with E-state index in [-0.39, 0.29) is 4.90 Å². The van der Waals surface area contributed by atoms with Crippen molar-refractivity contribution in [2.45, 2.75) is 18.4 Å². The molecule has 5 nitrogen and oxygen atoms in total. The van der Waals surface area contributed by atoms with Crippen LogP contribution in [-0.2, 0) is 16.6 Å². The second-order valence-electron chi connectivity index (χ2n) is 4.85. The fraction of sp³-hybridized carbons (Fsp3) is 0.267. The lowest BCUT2D eigenvalue weighted by atomic mass is 10.1. The Labute approximate surface area is 125 Å². The summed E-state index contributed by atoms with van der Waals surface area (Å²) in [5.41, 5.74) is 2.06. The van der Waals surface area contributed by atoms with Crippen LogP contribution in [0.3, 0.4) is 0 Å². The third kappa shape index (κ3) is 3.40. The van der Waals surface area contributed by atoms with Gasteiger partial charge in [0, 0.05) is 26.8 Å². The highest BCUT2D eigenvalue weighted by atomic mass is 32.2. The van der Waals surface area contributed by atoms with Gasteiger partial charge in [0.1, 0.15) is 10.7 Å². The largest absolute Gasteiger partial charge is 0.372 e. The van der Waals surface area contributed by atoms with Crippen LogP contribution < -0.4 is 5.32 Å². The average Bonchev–Trinajstić information content (AvgIpc) is 2.47. The molecule has 0 aliphatic heterocycles. The molecule has 0 unspecified atom stereocenters. The van der Waals surface area contributed by atoms with Crippen molar-refractivity contribution in [3.8, 4) is 0 Å². The Bertz CT molecular complexity index is 729. The molecule has 1 aromatic heterocycles. The summed E-state index contributed by atoms with van der Waals surface area (Å²) in [4.78, 5) is 4.23. The number of benzene rings is 1. The normalized spacial score (nSPS) is 11.6. The van der Waals surface area contributed by atoms with Crippen molar-refractivity contribution in [3.63, 3.8) is 0 Å². The van der Waals surface area contributed by atoms with Crippen LogP contribution in [0.1, 0.15) is 11.1 Å². The molecule has 0 amide bonds. The summed E-state index contributed by atoms with van der Waals surface area (Å²) in [6.07, 6.45) is 1.56. The molecule has 0 atom stereocenters. The number of aromatic nitrogens is 1. The van der Waals surface area contributed by atoms with Gasteiger partial charge in [0.15, 0.2) is 0 Å². The molecule has 0 spiro atoms. The third-order valence-electron chi connectivity index (χ3n) is 3.18. The van der Waals surface area contributed by atoms with Gasteiger partial charge in [0.2, 0.25) is 10.0 Å². The lowest BCUT2D eigenvalue weighted by Crippen LogP contribution is -2.27. The van der Waals surface area contributed by atoms with Gasteiger partial charge in [-0.3, -0.25) is 0 Å². The summed E-state index contributed by atoms with van der Waals surface area (Å²) in [5, 5.41) is 2.81. The molecule has 2 rings (SSSR count). The molecule has 0 fully saturated rings. The van der Waals surface area contributed by atoms with Crippen molar-refractivity contribution in [3.05, 3.63) is 53.7 Å². The van der Waals surface area contributed by atoms with E-state index in [9.17, 15) is 8.42 Å². The van der Waals surface area contributed by atoms with Crippen LogP contribution in [0.4, 0.5) is 5.82 Å². The number of aryl methyl sites for hydroxylation is 1. The van der Waals surface area contributed by atoms with E-state index in [0.717, 1.165) is 11.1 Å². The minimum Gasteiger partial charge on any atom is -0.372 e. The predicted molar refractivity (Wildman–Crippen MR) is 83.6 cm³/mol. The van der Waals surface area contributed by atoms with Gasteiger partial charge >= 0.3 is 0 Å². The summed E-state index contributed by atoms with van der Waals surface area (Å²) >= 11 is 0. The number of nitrogens with one attached hydrogen (secondary N) is 1. The maximum absolute atomic E-state index is 12.6. The average molecular weight is 305 g/mol. The van der Waals surface area contributed by atoms with Crippen molar-refractivity contribution >= 4 is 15.8 Å². The molecule has 1 N–H and O–H groups in total.